The van der Waals surface area contributed by atoms with Gasteiger partial charge >= 0.3 is 12.4 Å². The number of benzene rings is 2. The van der Waals surface area contributed by atoms with Crippen LogP contribution < -0.4 is 5.32 Å². The van der Waals surface area contributed by atoms with Crippen LogP contribution in [-0.4, -0.2) is 12.4 Å². The van der Waals surface area contributed by atoms with E-state index in [1.165, 1.54) is 12.1 Å². The molecule has 0 heterocycles. The van der Waals surface area contributed by atoms with E-state index in [2.05, 4.69) is 5.32 Å². The number of para-hydroxylation sites is 1. The van der Waals surface area contributed by atoms with Crippen LogP contribution in [0, 0.1) is 0 Å². The summed E-state index contributed by atoms with van der Waals surface area (Å²) in [4.78, 5) is 0. The van der Waals surface area contributed by atoms with Crippen molar-refractivity contribution in [2.45, 2.75) is 24.8 Å². The zero-order chi connectivity index (χ0) is 17.1. The minimum atomic E-state index is -5.41. The van der Waals surface area contributed by atoms with Gasteiger partial charge in [0.05, 0.1) is 0 Å². The van der Waals surface area contributed by atoms with Crippen LogP contribution in [0.5, 0.6) is 0 Å². The van der Waals surface area contributed by atoms with Gasteiger partial charge in [-0.25, -0.2) is 0 Å². The van der Waals surface area contributed by atoms with Crippen molar-refractivity contribution in [1.29, 1.82) is 0 Å². The highest BCUT2D eigenvalue weighted by molar-refractivity contribution is 5.54. The molecule has 2 aromatic carbocycles. The highest BCUT2D eigenvalue weighted by atomic mass is 19.4. The SMILES string of the molecule is FC(F)(F)C(c1ccccc1NCc1ccccc1)C(F)(F)F. The van der Waals surface area contributed by atoms with Crippen molar-refractivity contribution in [2.24, 2.45) is 0 Å². The number of rotatable bonds is 4. The van der Waals surface area contributed by atoms with Gasteiger partial charge in [0.15, 0.2) is 5.92 Å². The van der Waals surface area contributed by atoms with Crippen LogP contribution in [0.3, 0.4) is 0 Å². The van der Waals surface area contributed by atoms with Crippen molar-refractivity contribution in [2.75, 3.05) is 5.32 Å². The molecule has 0 saturated carbocycles. The molecule has 0 aliphatic rings. The average Bonchev–Trinajstić information content (AvgIpc) is 2.44. The van der Waals surface area contributed by atoms with Crippen molar-refractivity contribution >= 4 is 5.69 Å². The lowest BCUT2D eigenvalue weighted by Gasteiger charge is -2.25. The fourth-order valence-electron chi connectivity index (χ4n) is 2.24. The minimum Gasteiger partial charge on any atom is -0.381 e. The lowest BCUT2D eigenvalue weighted by Crippen LogP contribution is -2.34. The molecular formula is C16H13F6N. The van der Waals surface area contributed by atoms with Crippen molar-refractivity contribution in [3.63, 3.8) is 0 Å². The summed E-state index contributed by atoms with van der Waals surface area (Å²) in [5, 5.41) is 2.65. The Labute approximate surface area is 128 Å². The van der Waals surface area contributed by atoms with E-state index in [1.54, 1.807) is 30.3 Å². The Kier molecular flexibility index (Phi) is 4.87. The topological polar surface area (TPSA) is 12.0 Å². The summed E-state index contributed by atoms with van der Waals surface area (Å²) >= 11 is 0. The molecule has 0 amide bonds. The summed E-state index contributed by atoms with van der Waals surface area (Å²) in [6.45, 7) is 0.125. The van der Waals surface area contributed by atoms with Gasteiger partial charge in [0.2, 0.25) is 0 Å². The Balaban J connectivity index is 2.32. The maximum atomic E-state index is 12.9. The Morgan fingerprint density at radius 3 is 1.83 bits per heavy atom. The van der Waals surface area contributed by atoms with E-state index in [0.717, 1.165) is 17.7 Å². The zero-order valence-corrected chi connectivity index (χ0v) is 11.7. The summed E-state index contributed by atoms with van der Waals surface area (Å²) in [6, 6.07) is 13.3. The number of hydrogen-bond donors (Lipinski definition) is 1. The van der Waals surface area contributed by atoms with E-state index in [9.17, 15) is 26.3 Å². The van der Waals surface area contributed by atoms with Gasteiger partial charge in [-0.2, -0.15) is 26.3 Å². The minimum absolute atomic E-state index is 0.125. The van der Waals surface area contributed by atoms with Crippen LogP contribution in [0.4, 0.5) is 32.0 Å². The molecule has 0 fully saturated rings. The molecule has 0 unspecified atom stereocenters. The maximum Gasteiger partial charge on any atom is 0.404 e. The molecule has 0 saturated heterocycles. The molecule has 0 aliphatic heterocycles. The van der Waals surface area contributed by atoms with Crippen LogP contribution in [0.1, 0.15) is 17.0 Å². The Morgan fingerprint density at radius 2 is 1.26 bits per heavy atom. The quantitative estimate of drug-likeness (QED) is 0.728. The van der Waals surface area contributed by atoms with Crippen molar-refractivity contribution in [1.82, 2.24) is 0 Å². The van der Waals surface area contributed by atoms with Gasteiger partial charge in [-0.3, -0.25) is 0 Å². The van der Waals surface area contributed by atoms with Crippen LogP contribution in [0.25, 0.3) is 0 Å². The first kappa shape index (κ1) is 17.2. The third-order valence-electron chi connectivity index (χ3n) is 3.25. The third-order valence-corrected chi connectivity index (χ3v) is 3.25. The standard InChI is InChI=1S/C16H13F6N/c17-15(18,19)14(16(20,21)22)12-8-4-5-9-13(12)23-10-11-6-2-1-3-7-11/h1-9,14,23H,10H2. The molecule has 7 heteroatoms. The molecule has 124 valence electrons. The van der Waals surface area contributed by atoms with E-state index in [-0.39, 0.29) is 12.2 Å². The largest absolute Gasteiger partial charge is 0.404 e. The van der Waals surface area contributed by atoms with Gasteiger partial charge in [-0.1, -0.05) is 48.5 Å². The van der Waals surface area contributed by atoms with Crippen LogP contribution >= 0.6 is 0 Å². The Bertz CT molecular complexity index is 619. The molecule has 0 aliphatic carbocycles. The second-order valence-electron chi connectivity index (χ2n) is 4.94. The summed E-state index contributed by atoms with van der Waals surface area (Å²) in [5.41, 5.74) is -0.266. The van der Waals surface area contributed by atoms with Gasteiger partial charge in [0.25, 0.3) is 0 Å². The van der Waals surface area contributed by atoms with Crippen molar-refractivity contribution in [3.05, 3.63) is 65.7 Å². The summed E-state index contributed by atoms with van der Waals surface area (Å²) < 4.78 is 77.4. The molecule has 2 rings (SSSR count). The first-order valence-electron chi connectivity index (χ1n) is 6.70. The molecule has 0 bridgehead atoms. The molecular weight excluding hydrogens is 320 g/mol. The van der Waals surface area contributed by atoms with Gasteiger partial charge in [-0.15, -0.1) is 0 Å². The molecule has 0 atom stereocenters. The molecule has 2 aromatic rings. The van der Waals surface area contributed by atoms with Crippen LogP contribution in [0.2, 0.25) is 0 Å². The molecule has 0 aromatic heterocycles. The smallest absolute Gasteiger partial charge is 0.381 e. The summed E-state index contributed by atoms with van der Waals surface area (Å²) in [7, 11) is 0. The number of hydrogen-bond acceptors (Lipinski definition) is 1. The van der Waals surface area contributed by atoms with E-state index in [4.69, 9.17) is 0 Å². The average molecular weight is 333 g/mol. The monoisotopic (exact) mass is 333 g/mol. The predicted octanol–water partition coefficient (Wildman–Crippen LogP) is 5.51. The highest BCUT2D eigenvalue weighted by Gasteiger charge is 2.58. The fraction of sp³-hybridized carbons (Fsp3) is 0.250. The number of anilines is 1. The first-order chi connectivity index (χ1) is 10.7. The molecule has 1 N–H and O–H groups in total. The number of nitrogens with one attached hydrogen (secondary N) is 1. The maximum absolute atomic E-state index is 12.9. The van der Waals surface area contributed by atoms with Gasteiger partial charge in [-0.05, 0) is 17.2 Å². The first-order valence-corrected chi connectivity index (χ1v) is 6.70. The molecule has 1 nitrogen and oxygen atoms in total. The zero-order valence-electron chi connectivity index (χ0n) is 11.7. The molecule has 0 radical (unpaired) electrons. The fourth-order valence-corrected chi connectivity index (χ4v) is 2.24. The molecule has 23 heavy (non-hydrogen) atoms. The van der Waals surface area contributed by atoms with Gasteiger partial charge in [0, 0.05) is 12.2 Å². The second kappa shape index (κ2) is 6.52. The Morgan fingerprint density at radius 1 is 0.739 bits per heavy atom. The second-order valence-corrected chi connectivity index (χ2v) is 4.94. The van der Waals surface area contributed by atoms with Crippen molar-refractivity contribution < 1.29 is 26.3 Å². The predicted molar refractivity (Wildman–Crippen MR) is 75.1 cm³/mol. The van der Waals surface area contributed by atoms with E-state index in [0.29, 0.717) is 0 Å². The normalized spacial score (nSPS) is 12.5. The number of halogens is 6. The van der Waals surface area contributed by atoms with E-state index < -0.39 is 23.8 Å². The van der Waals surface area contributed by atoms with Crippen LogP contribution in [0.15, 0.2) is 54.6 Å². The van der Waals surface area contributed by atoms with E-state index in [1.807, 2.05) is 0 Å². The van der Waals surface area contributed by atoms with E-state index >= 15 is 0 Å². The van der Waals surface area contributed by atoms with Gasteiger partial charge in [0.1, 0.15) is 0 Å². The lowest BCUT2D eigenvalue weighted by atomic mass is 9.96. The molecule has 0 spiro atoms. The summed E-state index contributed by atoms with van der Waals surface area (Å²) in [5.74, 6) is -3.52. The lowest BCUT2D eigenvalue weighted by molar-refractivity contribution is -0.253. The summed E-state index contributed by atoms with van der Waals surface area (Å²) in [6.07, 6.45) is -10.8. The number of alkyl halides is 6. The highest BCUT2D eigenvalue weighted by Crippen LogP contribution is 2.48. The van der Waals surface area contributed by atoms with Crippen LogP contribution in [-0.2, 0) is 6.54 Å². The van der Waals surface area contributed by atoms with Crippen molar-refractivity contribution in [3.8, 4) is 0 Å². The van der Waals surface area contributed by atoms with Gasteiger partial charge < -0.3 is 5.32 Å². The third kappa shape index (κ3) is 4.40. The Hall–Kier alpha value is -2.18.